The maximum atomic E-state index is 5.98. The van der Waals surface area contributed by atoms with Gasteiger partial charge in [-0.25, -0.2) is 4.98 Å². The maximum absolute atomic E-state index is 5.98. The summed E-state index contributed by atoms with van der Waals surface area (Å²) in [5, 5.41) is 3.05. The number of hydrogen-bond donors (Lipinski definition) is 2. The third-order valence-electron chi connectivity index (χ3n) is 2.93. The maximum Gasteiger partial charge on any atom is 0.243 e. The summed E-state index contributed by atoms with van der Waals surface area (Å²) in [5.74, 6) is 1.22. The van der Waals surface area contributed by atoms with Crippen molar-refractivity contribution >= 4 is 23.0 Å². The van der Waals surface area contributed by atoms with E-state index in [-0.39, 0.29) is 10.5 Å². The molecule has 0 radical (unpaired) electrons. The minimum atomic E-state index is -0.0257. The second-order valence-electron chi connectivity index (χ2n) is 5.69. The monoisotopic (exact) mass is 301 g/mol. The van der Waals surface area contributed by atoms with Crippen molar-refractivity contribution in [1.29, 1.82) is 0 Å². The van der Waals surface area contributed by atoms with Crippen LogP contribution in [0.2, 0.25) is 0 Å². The van der Waals surface area contributed by atoms with Gasteiger partial charge in [-0.3, -0.25) is 0 Å². The Bertz CT molecular complexity index is 650. The quantitative estimate of drug-likeness (QED) is 0.844. The molecule has 0 bridgehead atoms. The molecule has 3 N–H and O–H groups in total. The minimum Gasteiger partial charge on any atom is -0.437 e. The Labute approximate surface area is 130 Å². The number of thiocarbonyl (C=S) groups is 1. The second-order valence-corrected chi connectivity index (χ2v) is 6.13. The Hall–Kier alpha value is -2.14. The molecule has 0 aliphatic rings. The first-order valence-corrected chi connectivity index (χ1v) is 7.07. The fourth-order valence-electron chi connectivity index (χ4n) is 1.98. The van der Waals surface area contributed by atoms with E-state index in [1.165, 1.54) is 0 Å². The average molecular weight is 301 g/mol. The highest BCUT2D eigenvalue weighted by Crippen LogP contribution is 2.35. The molecule has 5 heteroatoms. The molecule has 0 saturated carbocycles. The number of rotatable bonds is 3. The van der Waals surface area contributed by atoms with Gasteiger partial charge in [0.25, 0.3) is 0 Å². The van der Waals surface area contributed by atoms with Crippen molar-refractivity contribution in [3.8, 4) is 11.6 Å². The van der Waals surface area contributed by atoms with Gasteiger partial charge in [0.05, 0.1) is 0 Å². The van der Waals surface area contributed by atoms with Crippen molar-refractivity contribution < 1.29 is 4.74 Å². The fraction of sp³-hybridized carbons (Fsp3) is 0.250. The average Bonchev–Trinajstić information content (AvgIpc) is 2.40. The van der Waals surface area contributed by atoms with Crippen molar-refractivity contribution in [2.45, 2.75) is 26.2 Å². The van der Waals surface area contributed by atoms with Crippen LogP contribution in [0.4, 0.5) is 5.69 Å². The summed E-state index contributed by atoms with van der Waals surface area (Å²) in [7, 11) is 0. The third kappa shape index (κ3) is 3.92. The summed E-state index contributed by atoms with van der Waals surface area (Å²) in [4.78, 5) is 4.25. The van der Waals surface area contributed by atoms with Crippen LogP contribution in [0.25, 0.3) is 0 Å². The number of anilines is 1. The van der Waals surface area contributed by atoms with Gasteiger partial charge in [0.2, 0.25) is 5.88 Å². The highest BCUT2D eigenvalue weighted by Gasteiger charge is 2.19. The van der Waals surface area contributed by atoms with Gasteiger partial charge in [-0.05, 0) is 35.8 Å². The van der Waals surface area contributed by atoms with E-state index in [2.05, 4.69) is 37.1 Å². The molecule has 0 spiro atoms. The van der Waals surface area contributed by atoms with Crippen LogP contribution >= 0.6 is 12.2 Å². The lowest BCUT2D eigenvalue weighted by molar-refractivity contribution is 0.442. The van der Waals surface area contributed by atoms with Crippen molar-refractivity contribution in [2.75, 3.05) is 5.32 Å². The molecule has 1 aromatic carbocycles. The van der Waals surface area contributed by atoms with Crippen LogP contribution in [0.3, 0.4) is 0 Å². The van der Waals surface area contributed by atoms with Crippen LogP contribution in [-0.4, -0.2) is 10.1 Å². The van der Waals surface area contributed by atoms with Gasteiger partial charge in [-0.1, -0.05) is 39.0 Å². The first-order valence-electron chi connectivity index (χ1n) is 6.67. The number of nitrogens with one attached hydrogen (secondary N) is 1. The highest BCUT2D eigenvalue weighted by molar-refractivity contribution is 7.80. The molecular formula is C16H19N3OS. The molecule has 0 saturated heterocycles. The van der Waals surface area contributed by atoms with E-state index < -0.39 is 0 Å². The first-order chi connectivity index (χ1) is 9.88. The topological polar surface area (TPSA) is 60.2 Å². The number of hydrogen-bond acceptors (Lipinski definition) is 3. The fourth-order valence-corrected chi connectivity index (χ4v) is 2.09. The van der Waals surface area contributed by atoms with Gasteiger partial charge in [-0.15, -0.1) is 0 Å². The number of nitrogens with zero attached hydrogens (tertiary/aromatic N) is 1. The minimum absolute atomic E-state index is 0.0257. The van der Waals surface area contributed by atoms with E-state index in [4.69, 9.17) is 22.7 Å². The lowest BCUT2D eigenvalue weighted by Gasteiger charge is -2.22. The molecule has 0 aliphatic heterocycles. The summed E-state index contributed by atoms with van der Waals surface area (Å²) in [6.07, 6.45) is 1.67. The molecule has 0 fully saturated rings. The van der Waals surface area contributed by atoms with Crippen LogP contribution in [0, 0.1) is 0 Å². The van der Waals surface area contributed by atoms with Crippen molar-refractivity contribution in [2.24, 2.45) is 5.73 Å². The third-order valence-corrected chi connectivity index (χ3v) is 3.03. The van der Waals surface area contributed by atoms with Crippen LogP contribution in [-0.2, 0) is 5.41 Å². The zero-order valence-corrected chi connectivity index (χ0v) is 13.2. The molecule has 0 atom stereocenters. The molecule has 0 unspecified atom stereocenters. The molecule has 4 nitrogen and oxygen atoms in total. The first kappa shape index (κ1) is 15.3. The van der Waals surface area contributed by atoms with Crippen LogP contribution in [0.15, 0.2) is 42.6 Å². The summed E-state index contributed by atoms with van der Waals surface area (Å²) in [6.45, 7) is 6.42. The Morgan fingerprint density at radius 1 is 1.19 bits per heavy atom. The van der Waals surface area contributed by atoms with E-state index >= 15 is 0 Å². The van der Waals surface area contributed by atoms with Gasteiger partial charge < -0.3 is 15.8 Å². The van der Waals surface area contributed by atoms with E-state index in [1.54, 1.807) is 12.3 Å². The molecule has 1 aromatic heterocycles. The Kier molecular flexibility index (Phi) is 4.43. The number of ether oxygens (including phenoxy) is 1. The zero-order chi connectivity index (χ0) is 15.5. The normalized spacial score (nSPS) is 11.0. The Morgan fingerprint density at radius 2 is 1.90 bits per heavy atom. The number of para-hydroxylation sites is 1. The Balaban J connectivity index is 2.38. The van der Waals surface area contributed by atoms with E-state index in [1.807, 2.05) is 24.3 Å². The van der Waals surface area contributed by atoms with Crippen LogP contribution in [0.5, 0.6) is 11.6 Å². The standard InChI is InChI=1S/C16H19N3OS/c1-16(2,3)11-7-4-5-9-13(11)20-14-12(19-15(17)21)8-6-10-18-14/h4-10H,1-3H3,(H3,17,19,21). The van der Waals surface area contributed by atoms with Gasteiger partial charge in [-0.2, -0.15) is 0 Å². The Morgan fingerprint density at radius 3 is 2.57 bits per heavy atom. The SMILES string of the molecule is CC(C)(C)c1ccccc1Oc1ncccc1NC(N)=S. The van der Waals surface area contributed by atoms with Crippen molar-refractivity contribution in [3.63, 3.8) is 0 Å². The van der Waals surface area contributed by atoms with Gasteiger partial charge >= 0.3 is 0 Å². The predicted molar refractivity (Wildman–Crippen MR) is 89.9 cm³/mol. The van der Waals surface area contributed by atoms with Gasteiger partial charge in [0, 0.05) is 11.8 Å². The summed E-state index contributed by atoms with van der Waals surface area (Å²) >= 11 is 4.87. The molecule has 110 valence electrons. The van der Waals surface area contributed by atoms with E-state index in [0.29, 0.717) is 11.6 Å². The molecule has 21 heavy (non-hydrogen) atoms. The lowest BCUT2D eigenvalue weighted by Crippen LogP contribution is -2.19. The summed E-state index contributed by atoms with van der Waals surface area (Å²) < 4.78 is 5.98. The van der Waals surface area contributed by atoms with Crippen LogP contribution in [0.1, 0.15) is 26.3 Å². The molecule has 0 amide bonds. The smallest absolute Gasteiger partial charge is 0.243 e. The molecule has 2 rings (SSSR count). The van der Waals surface area contributed by atoms with Crippen LogP contribution < -0.4 is 15.8 Å². The molecule has 1 heterocycles. The van der Waals surface area contributed by atoms with Crippen molar-refractivity contribution in [3.05, 3.63) is 48.2 Å². The predicted octanol–water partition coefficient (Wildman–Crippen LogP) is 3.83. The zero-order valence-electron chi connectivity index (χ0n) is 12.4. The number of aromatic nitrogens is 1. The summed E-state index contributed by atoms with van der Waals surface area (Å²) in [5.41, 5.74) is 7.25. The largest absolute Gasteiger partial charge is 0.437 e. The van der Waals surface area contributed by atoms with E-state index in [9.17, 15) is 0 Å². The number of pyridine rings is 1. The van der Waals surface area contributed by atoms with E-state index in [0.717, 1.165) is 11.3 Å². The molecular weight excluding hydrogens is 282 g/mol. The highest BCUT2D eigenvalue weighted by atomic mass is 32.1. The lowest BCUT2D eigenvalue weighted by atomic mass is 9.86. The molecule has 2 aromatic rings. The van der Waals surface area contributed by atoms with Crippen molar-refractivity contribution in [1.82, 2.24) is 4.98 Å². The number of nitrogens with two attached hydrogens (primary N) is 1. The summed E-state index contributed by atoms with van der Waals surface area (Å²) in [6, 6.07) is 11.5. The second kappa shape index (κ2) is 6.10. The van der Waals surface area contributed by atoms with Gasteiger partial charge in [0.1, 0.15) is 11.4 Å². The van der Waals surface area contributed by atoms with Gasteiger partial charge in [0.15, 0.2) is 5.11 Å². The number of benzene rings is 1. The molecule has 0 aliphatic carbocycles.